The minimum atomic E-state index is 0.342. The Morgan fingerprint density at radius 3 is 2.76 bits per heavy atom. The molecule has 7 heteroatoms. The number of hydrogen-bond acceptors (Lipinski definition) is 6. The van der Waals surface area contributed by atoms with Crippen molar-refractivity contribution >= 4 is 22.8 Å². The number of hydrogen-bond donors (Lipinski definition) is 3. The number of nitrogens with zero attached hydrogens (tertiary/aromatic N) is 4. The van der Waals surface area contributed by atoms with Crippen LogP contribution in [0.3, 0.4) is 0 Å². The molecule has 1 aliphatic rings. The first kappa shape index (κ1) is 15.8. The number of nitrogens with one attached hydrogen (secondary N) is 2. The lowest BCUT2D eigenvalue weighted by atomic mass is 9.92. The molecule has 0 bridgehead atoms. The fraction of sp³-hybridized carbons (Fsp3) is 0.389. The Bertz CT molecular complexity index is 865. The molecule has 3 aromatic heterocycles. The van der Waals surface area contributed by atoms with Gasteiger partial charge in [0.05, 0.1) is 5.69 Å². The van der Waals surface area contributed by atoms with Gasteiger partial charge in [0.25, 0.3) is 0 Å². The molecule has 0 aromatic carbocycles. The summed E-state index contributed by atoms with van der Waals surface area (Å²) in [5.74, 6) is 0.847. The molecule has 1 saturated carbocycles. The number of rotatable bonds is 4. The average molecular weight is 337 g/mol. The molecule has 4 N–H and O–H groups in total. The smallest absolute Gasteiger partial charge is 0.177 e. The van der Waals surface area contributed by atoms with Gasteiger partial charge in [-0.15, -0.1) is 5.10 Å². The van der Waals surface area contributed by atoms with Crippen LogP contribution in [-0.2, 0) is 0 Å². The summed E-state index contributed by atoms with van der Waals surface area (Å²) in [4.78, 5) is 8.65. The summed E-state index contributed by atoms with van der Waals surface area (Å²) in [6.45, 7) is 1.98. The molecule has 130 valence electrons. The molecule has 0 atom stereocenters. The second-order valence-electron chi connectivity index (χ2n) is 6.71. The normalized spacial score (nSPS) is 20.6. The van der Waals surface area contributed by atoms with Gasteiger partial charge < -0.3 is 16.4 Å². The molecule has 3 heterocycles. The van der Waals surface area contributed by atoms with Gasteiger partial charge in [-0.3, -0.25) is 4.98 Å². The van der Waals surface area contributed by atoms with Gasteiger partial charge >= 0.3 is 0 Å². The Balaban J connectivity index is 1.60. The average Bonchev–Trinajstić information content (AvgIpc) is 3.06. The van der Waals surface area contributed by atoms with Crippen molar-refractivity contribution in [2.75, 3.05) is 10.6 Å². The van der Waals surface area contributed by atoms with Crippen LogP contribution >= 0.6 is 0 Å². The van der Waals surface area contributed by atoms with Crippen LogP contribution in [0.15, 0.2) is 36.8 Å². The van der Waals surface area contributed by atoms with Gasteiger partial charge in [0, 0.05) is 48.1 Å². The summed E-state index contributed by atoms with van der Waals surface area (Å²) in [7, 11) is 0. The molecular weight excluding hydrogens is 314 g/mol. The van der Waals surface area contributed by atoms with Gasteiger partial charge in [-0.25, -0.2) is 9.50 Å². The largest absolute Gasteiger partial charge is 0.366 e. The molecule has 0 unspecified atom stereocenters. The van der Waals surface area contributed by atoms with Gasteiger partial charge in [-0.05, 0) is 44.7 Å². The molecule has 4 rings (SSSR count). The van der Waals surface area contributed by atoms with E-state index in [1.54, 1.807) is 16.9 Å². The molecule has 0 radical (unpaired) electrons. The highest BCUT2D eigenvalue weighted by Gasteiger charge is 2.19. The Labute approximate surface area is 146 Å². The highest BCUT2D eigenvalue weighted by Crippen LogP contribution is 2.25. The quantitative estimate of drug-likeness (QED) is 0.678. The summed E-state index contributed by atoms with van der Waals surface area (Å²) < 4.78 is 1.80. The predicted octanol–water partition coefficient (Wildman–Crippen LogP) is 2.86. The van der Waals surface area contributed by atoms with E-state index in [2.05, 4.69) is 25.7 Å². The van der Waals surface area contributed by atoms with E-state index in [0.717, 1.165) is 54.2 Å². The van der Waals surface area contributed by atoms with E-state index in [9.17, 15) is 0 Å². The number of nitrogens with two attached hydrogens (primary N) is 1. The summed E-state index contributed by atoms with van der Waals surface area (Å²) in [6.07, 6.45) is 9.70. The van der Waals surface area contributed by atoms with Crippen molar-refractivity contribution < 1.29 is 0 Å². The fourth-order valence-electron chi connectivity index (χ4n) is 3.33. The van der Waals surface area contributed by atoms with Crippen LogP contribution in [0, 0.1) is 6.92 Å². The highest BCUT2D eigenvalue weighted by atomic mass is 15.3. The van der Waals surface area contributed by atoms with Crippen LogP contribution in [0.5, 0.6) is 0 Å². The van der Waals surface area contributed by atoms with Crippen LogP contribution < -0.4 is 16.4 Å². The van der Waals surface area contributed by atoms with Crippen LogP contribution in [0.4, 0.5) is 17.2 Å². The van der Waals surface area contributed by atoms with Crippen molar-refractivity contribution in [2.24, 2.45) is 5.73 Å². The molecule has 1 aliphatic carbocycles. The zero-order valence-corrected chi connectivity index (χ0v) is 14.3. The van der Waals surface area contributed by atoms with Crippen molar-refractivity contribution in [3.63, 3.8) is 0 Å². The van der Waals surface area contributed by atoms with Gasteiger partial charge in [0.1, 0.15) is 5.82 Å². The number of fused-ring (bicyclic) bond motifs is 1. The molecule has 0 amide bonds. The number of aromatic nitrogens is 4. The minimum absolute atomic E-state index is 0.342. The second-order valence-corrected chi connectivity index (χ2v) is 6.71. The van der Waals surface area contributed by atoms with E-state index >= 15 is 0 Å². The summed E-state index contributed by atoms with van der Waals surface area (Å²) >= 11 is 0. The molecule has 3 aromatic rings. The first-order chi connectivity index (χ1) is 12.2. The fourth-order valence-corrected chi connectivity index (χ4v) is 3.33. The van der Waals surface area contributed by atoms with Crippen LogP contribution in [-0.4, -0.2) is 31.7 Å². The Morgan fingerprint density at radius 2 is 1.96 bits per heavy atom. The van der Waals surface area contributed by atoms with E-state index in [1.807, 2.05) is 31.3 Å². The maximum absolute atomic E-state index is 6.00. The molecular formula is C18H23N7. The van der Waals surface area contributed by atoms with E-state index in [4.69, 9.17) is 5.73 Å². The standard InChI is InChI=1S/C18H23N7/c1-12-10-15(6-7-20-12)22-16-11-17(24-25-9-8-21-18(16)25)23-14-4-2-13(19)3-5-14/h6-11,13-14H,2-5,19H2,1H3,(H,20,22)(H,23,24). The van der Waals surface area contributed by atoms with Gasteiger partial charge in [0.2, 0.25) is 0 Å². The van der Waals surface area contributed by atoms with Crippen molar-refractivity contribution in [1.82, 2.24) is 19.6 Å². The Morgan fingerprint density at radius 1 is 1.12 bits per heavy atom. The summed E-state index contributed by atoms with van der Waals surface area (Å²) in [5, 5.41) is 11.6. The summed E-state index contributed by atoms with van der Waals surface area (Å²) in [6, 6.07) is 6.74. The van der Waals surface area contributed by atoms with E-state index in [1.165, 1.54) is 0 Å². The monoisotopic (exact) mass is 337 g/mol. The predicted molar refractivity (Wildman–Crippen MR) is 99.1 cm³/mol. The van der Waals surface area contributed by atoms with Crippen molar-refractivity contribution in [2.45, 2.75) is 44.7 Å². The third-order valence-electron chi connectivity index (χ3n) is 4.66. The lowest BCUT2D eigenvalue weighted by Gasteiger charge is -2.27. The first-order valence-corrected chi connectivity index (χ1v) is 8.73. The molecule has 0 spiro atoms. The molecule has 0 aliphatic heterocycles. The van der Waals surface area contributed by atoms with Crippen LogP contribution in [0.2, 0.25) is 0 Å². The Hall–Kier alpha value is -2.67. The third kappa shape index (κ3) is 3.56. The minimum Gasteiger partial charge on any atom is -0.366 e. The zero-order valence-electron chi connectivity index (χ0n) is 14.3. The molecule has 25 heavy (non-hydrogen) atoms. The third-order valence-corrected chi connectivity index (χ3v) is 4.66. The molecule has 1 fully saturated rings. The van der Waals surface area contributed by atoms with Crippen molar-refractivity contribution in [1.29, 1.82) is 0 Å². The lowest BCUT2D eigenvalue weighted by molar-refractivity contribution is 0.410. The maximum Gasteiger partial charge on any atom is 0.177 e. The first-order valence-electron chi connectivity index (χ1n) is 8.73. The Kier molecular flexibility index (Phi) is 4.23. The van der Waals surface area contributed by atoms with Crippen molar-refractivity contribution in [3.8, 4) is 0 Å². The van der Waals surface area contributed by atoms with E-state index < -0.39 is 0 Å². The van der Waals surface area contributed by atoms with Gasteiger partial charge in [-0.1, -0.05) is 0 Å². The number of pyridine rings is 1. The lowest BCUT2D eigenvalue weighted by Crippen LogP contribution is -2.33. The highest BCUT2D eigenvalue weighted by molar-refractivity contribution is 5.75. The van der Waals surface area contributed by atoms with Crippen LogP contribution in [0.25, 0.3) is 5.65 Å². The van der Waals surface area contributed by atoms with Gasteiger partial charge in [0.15, 0.2) is 5.65 Å². The van der Waals surface area contributed by atoms with Crippen LogP contribution in [0.1, 0.15) is 31.4 Å². The number of anilines is 3. The van der Waals surface area contributed by atoms with E-state index in [-0.39, 0.29) is 0 Å². The number of aryl methyl sites for hydroxylation is 1. The maximum atomic E-state index is 6.00. The van der Waals surface area contributed by atoms with Crippen molar-refractivity contribution in [3.05, 3.63) is 42.5 Å². The topological polar surface area (TPSA) is 93.2 Å². The molecule has 7 nitrogen and oxygen atoms in total. The zero-order chi connectivity index (χ0) is 17.2. The summed E-state index contributed by atoms with van der Waals surface area (Å²) in [5.41, 5.74) is 9.67. The van der Waals surface area contributed by atoms with E-state index in [0.29, 0.717) is 12.1 Å². The number of imidazole rings is 1. The SMILES string of the molecule is Cc1cc(Nc2cc(NC3CCC(N)CC3)nn3ccnc23)ccn1. The van der Waals surface area contributed by atoms with Gasteiger partial charge in [-0.2, -0.15) is 0 Å². The second kappa shape index (κ2) is 6.68. The molecule has 0 saturated heterocycles.